The van der Waals surface area contributed by atoms with E-state index in [1.54, 1.807) is 42.9 Å². The van der Waals surface area contributed by atoms with Gasteiger partial charge in [-0.05, 0) is 31.2 Å². The van der Waals surface area contributed by atoms with Gasteiger partial charge in [0, 0.05) is 13.2 Å². The van der Waals surface area contributed by atoms with Crippen molar-refractivity contribution in [3.05, 3.63) is 91.0 Å². The van der Waals surface area contributed by atoms with E-state index in [0.29, 0.717) is 11.4 Å². The fraction of sp³-hybridized carbons (Fsp3) is 0.100. The predicted octanol–water partition coefficient (Wildman–Crippen LogP) is 3.59. The number of aromatic nitrogens is 3. The van der Waals surface area contributed by atoms with Gasteiger partial charge >= 0.3 is 5.69 Å². The third kappa shape index (κ3) is 3.17. The Labute approximate surface area is 174 Å². The van der Waals surface area contributed by atoms with E-state index in [1.807, 2.05) is 6.07 Å². The quantitative estimate of drug-likeness (QED) is 0.384. The number of hydrogen-bond donors (Lipinski definition) is 1. The zero-order valence-electron chi connectivity index (χ0n) is 16.5. The highest BCUT2D eigenvalue weighted by Gasteiger charge is 2.28. The van der Waals surface area contributed by atoms with Gasteiger partial charge in [-0.3, -0.25) is 34.7 Å². The third-order valence-corrected chi connectivity index (χ3v) is 5.05. The van der Waals surface area contributed by atoms with Crippen LogP contribution >= 0.6 is 0 Å². The molecule has 2 aromatic carbocycles. The van der Waals surface area contributed by atoms with E-state index in [2.05, 4.69) is 10.3 Å². The smallest absolute Gasteiger partial charge is 0.301 e. The molecule has 0 aliphatic heterocycles. The van der Waals surface area contributed by atoms with Crippen LogP contribution in [0, 0.1) is 27.2 Å². The standard InChI is InChI=1S/C20H16N6O5/c1-12-17(20(27)24(23(12)2)13-7-4-3-5-8-13)22-19-16(26(30)31)11-15(25(28)29)14-9-6-10-21-18(14)19/h3-11,22H,1-2H3. The molecule has 0 spiro atoms. The first kappa shape index (κ1) is 19.8. The number of pyridine rings is 1. The Balaban J connectivity index is 1.98. The zero-order chi connectivity index (χ0) is 22.3. The van der Waals surface area contributed by atoms with Crippen LogP contribution < -0.4 is 10.9 Å². The van der Waals surface area contributed by atoms with Crippen LogP contribution in [0.25, 0.3) is 16.6 Å². The van der Waals surface area contributed by atoms with Crippen LogP contribution in [0.4, 0.5) is 22.7 Å². The van der Waals surface area contributed by atoms with Crippen molar-refractivity contribution in [3.63, 3.8) is 0 Å². The minimum Gasteiger partial charge on any atom is -0.342 e. The summed E-state index contributed by atoms with van der Waals surface area (Å²) in [5, 5.41) is 26.1. The predicted molar refractivity (Wildman–Crippen MR) is 114 cm³/mol. The Kier molecular flexibility index (Phi) is 4.70. The summed E-state index contributed by atoms with van der Waals surface area (Å²) in [6.45, 7) is 1.69. The second-order valence-electron chi connectivity index (χ2n) is 6.77. The van der Waals surface area contributed by atoms with Crippen molar-refractivity contribution in [2.24, 2.45) is 7.05 Å². The molecule has 31 heavy (non-hydrogen) atoms. The van der Waals surface area contributed by atoms with Crippen molar-refractivity contribution in [2.75, 3.05) is 5.32 Å². The van der Waals surface area contributed by atoms with Gasteiger partial charge in [-0.2, -0.15) is 0 Å². The second kappa shape index (κ2) is 7.37. The first-order valence-electron chi connectivity index (χ1n) is 9.12. The molecule has 2 aromatic heterocycles. The molecule has 0 atom stereocenters. The molecule has 2 heterocycles. The van der Waals surface area contributed by atoms with E-state index in [-0.39, 0.29) is 22.3 Å². The lowest BCUT2D eigenvalue weighted by molar-refractivity contribution is -0.392. The molecular weight excluding hydrogens is 404 g/mol. The van der Waals surface area contributed by atoms with Crippen molar-refractivity contribution < 1.29 is 9.85 Å². The molecule has 1 N–H and O–H groups in total. The molecular formula is C20H16N6O5. The third-order valence-electron chi connectivity index (χ3n) is 5.05. The normalized spacial score (nSPS) is 10.9. The average molecular weight is 420 g/mol. The van der Waals surface area contributed by atoms with E-state index in [1.165, 1.54) is 23.0 Å². The van der Waals surface area contributed by atoms with Gasteiger partial charge in [0.1, 0.15) is 16.9 Å². The number of hydrogen-bond acceptors (Lipinski definition) is 7. The Morgan fingerprint density at radius 3 is 2.29 bits per heavy atom. The molecule has 0 aliphatic carbocycles. The second-order valence-corrected chi connectivity index (χ2v) is 6.77. The number of nitro benzene ring substituents is 2. The van der Waals surface area contributed by atoms with Crippen molar-refractivity contribution in [1.82, 2.24) is 14.3 Å². The fourth-order valence-electron chi connectivity index (χ4n) is 3.47. The summed E-state index contributed by atoms with van der Waals surface area (Å²) >= 11 is 0. The van der Waals surface area contributed by atoms with Crippen molar-refractivity contribution in [3.8, 4) is 5.69 Å². The molecule has 11 nitrogen and oxygen atoms in total. The number of nitrogens with zero attached hydrogens (tertiary/aromatic N) is 5. The lowest BCUT2D eigenvalue weighted by Crippen LogP contribution is -2.20. The van der Waals surface area contributed by atoms with Gasteiger partial charge in [-0.15, -0.1) is 0 Å². The topological polar surface area (TPSA) is 138 Å². The van der Waals surface area contributed by atoms with Gasteiger partial charge in [-0.25, -0.2) is 4.68 Å². The first-order valence-corrected chi connectivity index (χ1v) is 9.12. The number of nitro groups is 2. The summed E-state index contributed by atoms with van der Waals surface area (Å²) < 4.78 is 3.04. The van der Waals surface area contributed by atoms with Gasteiger partial charge in [0.15, 0.2) is 0 Å². The van der Waals surface area contributed by atoms with E-state index in [4.69, 9.17) is 0 Å². The molecule has 0 saturated carbocycles. The highest BCUT2D eigenvalue weighted by atomic mass is 16.6. The largest absolute Gasteiger partial charge is 0.342 e. The maximum Gasteiger partial charge on any atom is 0.301 e. The molecule has 0 saturated heterocycles. The maximum absolute atomic E-state index is 13.2. The molecule has 0 amide bonds. The number of non-ortho nitro benzene ring substituents is 1. The summed E-state index contributed by atoms with van der Waals surface area (Å²) in [5.41, 5.74) is -0.232. The van der Waals surface area contributed by atoms with Gasteiger partial charge in [0.05, 0.1) is 32.7 Å². The van der Waals surface area contributed by atoms with Gasteiger partial charge < -0.3 is 5.32 Å². The summed E-state index contributed by atoms with van der Waals surface area (Å²) in [6.07, 6.45) is 1.38. The molecule has 0 radical (unpaired) electrons. The molecule has 4 aromatic rings. The summed E-state index contributed by atoms with van der Waals surface area (Å²) in [7, 11) is 1.69. The number of benzene rings is 2. The van der Waals surface area contributed by atoms with Crippen LogP contribution in [0.5, 0.6) is 0 Å². The minimum atomic E-state index is -0.739. The molecule has 0 fully saturated rings. The molecule has 0 aliphatic rings. The molecule has 0 unspecified atom stereocenters. The summed E-state index contributed by atoms with van der Waals surface area (Å²) in [4.78, 5) is 39.0. The highest BCUT2D eigenvalue weighted by molar-refractivity contribution is 6.02. The Morgan fingerprint density at radius 1 is 0.968 bits per heavy atom. The monoisotopic (exact) mass is 420 g/mol. The van der Waals surface area contributed by atoms with Crippen molar-refractivity contribution in [1.29, 1.82) is 0 Å². The maximum atomic E-state index is 13.2. The number of para-hydroxylation sites is 1. The fourth-order valence-corrected chi connectivity index (χ4v) is 3.47. The van der Waals surface area contributed by atoms with E-state index in [9.17, 15) is 25.0 Å². The van der Waals surface area contributed by atoms with Gasteiger partial charge in [0.2, 0.25) is 0 Å². The van der Waals surface area contributed by atoms with Crippen LogP contribution in [-0.4, -0.2) is 24.2 Å². The number of fused-ring (bicyclic) bond motifs is 1. The summed E-state index contributed by atoms with van der Waals surface area (Å²) in [5.74, 6) is 0. The first-order chi connectivity index (χ1) is 14.8. The summed E-state index contributed by atoms with van der Waals surface area (Å²) in [6, 6.07) is 12.7. The molecule has 156 valence electrons. The molecule has 4 rings (SSSR count). The number of anilines is 2. The average Bonchev–Trinajstić information content (AvgIpc) is 2.97. The molecule has 11 heteroatoms. The number of nitrogens with one attached hydrogen (secondary N) is 1. The SMILES string of the molecule is Cc1c(Nc2c([N+](=O)[O-])cc([N+](=O)[O-])c3cccnc23)c(=O)n(-c2ccccc2)n1C. The zero-order valence-corrected chi connectivity index (χ0v) is 16.5. The highest BCUT2D eigenvalue weighted by Crippen LogP contribution is 2.39. The minimum absolute atomic E-state index is 0.0253. The van der Waals surface area contributed by atoms with Gasteiger partial charge in [-0.1, -0.05) is 18.2 Å². The van der Waals surface area contributed by atoms with Crippen LogP contribution in [0.1, 0.15) is 5.69 Å². The molecule has 0 bridgehead atoms. The van der Waals surface area contributed by atoms with Gasteiger partial charge in [0.25, 0.3) is 11.2 Å². The van der Waals surface area contributed by atoms with E-state index in [0.717, 1.165) is 6.07 Å². The van der Waals surface area contributed by atoms with Crippen molar-refractivity contribution >= 4 is 33.7 Å². The van der Waals surface area contributed by atoms with Crippen LogP contribution in [0.3, 0.4) is 0 Å². The Morgan fingerprint density at radius 2 is 1.65 bits per heavy atom. The lowest BCUT2D eigenvalue weighted by Gasteiger charge is -2.09. The Hall–Kier alpha value is -4.54. The number of rotatable bonds is 5. The van der Waals surface area contributed by atoms with Crippen LogP contribution in [0.2, 0.25) is 0 Å². The van der Waals surface area contributed by atoms with Crippen LogP contribution in [-0.2, 0) is 7.05 Å². The van der Waals surface area contributed by atoms with E-state index < -0.39 is 26.8 Å². The van der Waals surface area contributed by atoms with E-state index >= 15 is 0 Å². The lowest BCUT2D eigenvalue weighted by atomic mass is 10.1. The Bertz CT molecular complexity index is 1410. The van der Waals surface area contributed by atoms with Crippen LogP contribution in [0.15, 0.2) is 59.5 Å². The van der Waals surface area contributed by atoms with Crippen molar-refractivity contribution in [2.45, 2.75) is 6.92 Å².